The molecule has 24 nitrogen and oxygen atoms in total. The smallest absolute Gasteiger partial charge is 0.388 e. The molecule has 4 saturated heterocycles. The summed E-state index contributed by atoms with van der Waals surface area (Å²) >= 11 is 12.0. The molecule has 8 heterocycles. The quantitative estimate of drug-likeness (QED) is 0.0212. The van der Waals surface area contributed by atoms with E-state index in [9.17, 15) is 93.8 Å². The number of benzene rings is 8. The number of nitrogens with zero attached hydrogens (tertiary/aromatic N) is 8. The van der Waals surface area contributed by atoms with E-state index in [-0.39, 0.29) is 111 Å². The third-order valence-corrected chi connectivity index (χ3v) is 22.9. The van der Waals surface area contributed by atoms with Gasteiger partial charge in [0.1, 0.15) is 41.4 Å². The molecule has 0 radical (unpaired) electrons. The predicted octanol–water partition coefficient (Wildman–Crippen LogP) is 21.9. The maximum atomic E-state index is 14.6. The second-order valence-electron chi connectivity index (χ2n) is 33.5. The van der Waals surface area contributed by atoms with Crippen molar-refractivity contribution < 1.29 is 113 Å². The number of para-hydroxylation sites is 1. The van der Waals surface area contributed by atoms with E-state index in [1.54, 1.807) is 89.6 Å². The molecular formula is C99H91Cl2F17N16O8. The van der Waals surface area contributed by atoms with Crippen LogP contribution < -0.4 is 42.5 Å². The van der Waals surface area contributed by atoms with E-state index in [0.717, 1.165) is 67.8 Å². The minimum absolute atomic E-state index is 0.0386. The second kappa shape index (κ2) is 45.6. The summed E-state index contributed by atoms with van der Waals surface area (Å²) in [7, 11) is 0. The number of nitrogens with one attached hydrogen (secondary N) is 8. The lowest BCUT2D eigenvalue weighted by molar-refractivity contribution is -0.217. The van der Waals surface area contributed by atoms with Gasteiger partial charge < -0.3 is 61.5 Å². The predicted molar refractivity (Wildman–Crippen MR) is 498 cm³/mol. The van der Waals surface area contributed by atoms with Crippen LogP contribution in [0.2, 0.25) is 10.0 Å². The van der Waals surface area contributed by atoms with Crippen LogP contribution in [0, 0.1) is 52.8 Å². The maximum absolute atomic E-state index is 14.6. The Bertz CT molecular complexity index is 6580. The lowest BCUT2D eigenvalue weighted by atomic mass is 10.1. The van der Waals surface area contributed by atoms with Gasteiger partial charge in [0.05, 0.1) is 89.9 Å². The van der Waals surface area contributed by atoms with Gasteiger partial charge in [0, 0.05) is 106 Å². The zero-order valence-electron chi connectivity index (χ0n) is 75.6. The third kappa shape index (κ3) is 28.8. The van der Waals surface area contributed by atoms with E-state index in [0.29, 0.717) is 119 Å². The van der Waals surface area contributed by atoms with Crippen molar-refractivity contribution in [2.45, 2.75) is 116 Å². The number of aromatic nitrogens is 8. The van der Waals surface area contributed by atoms with Crippen molar-refractivity contribution in [3.05, 3.63) is 311 Å². The number of amides is 4. The SMILES string of the molecule is C=C1C[C@H](C(=O)Nc2cc(-c3cc(F)cc(COCC(F)(F)F)c3)n(-c3ccc(F)cc3)n2)CN1.C=C1C[C@H](C(=O)Nc2cc(-c3cc(F)cc(CO[C@H](C)C(F)(F)F)c3)n(-c3ccc(Cl)cc3)n2)CN1.C=C1C[C@H](C(=O)Nc2cc(-c3cc(F)cc(CO[C@H](C)C(F)(F)F)c3)n(-c3ccccc3F)n2)CN1.C=C1C[C@H](C(=O)Nc2cc(-c3cccc(CO[C@H](C)C(F)(F)F)c3)n(-c3ccc(Cl)cc3)n2)CN1. The van der Waals surface area contributed by atoms with Crippen LogP contribution in [0.25, 0.3) is 67.8 Å². The molecule has 8 aromatic carbocycles. The van der Waals surface area contributed by atoms with Gasteiger partial charge in [-0.05, 0) is 214 Å². The molecule has 0 bridgehead atoms. The number of anilines is 4. The van der Waals surface area contributed by atoms with Crippen molar-refractivity contribution >= 4 is 70.1 Å². The van der Waals surface area contributed by atoms with Gasteiger partial charge in [0.25, 0.3) is 0 Å². The van der Waals surface area contributed by atoms with Crippen LogP contribution in [0.5, 0.6) is 0 Å². The Morgan fingerprint density at radius 1 is 0.366 bits per heavy atom. The van der Waals surface area contributed by atoms with E-state index in [1.807, 2.05) is 6.07 Å². The van der Waals surface area contributed by atoms with E-state index in [2.05, 4.69) is 94.0 Å². The molecule has 0 unspecified atom stereocenters. The topological polar surface area (TPSA) is 273 Å². The molecule has 8 N–H and O–H groups in total. The summed E-state index contributed by atoms with van der Waals surface area (Å²) in [6, 6.07) is 49.2. The molecule has 12 aromatic rings. The number of rotatable bonds is 28. The summed E-state index contributed by atoms with van der Waals surface area (Å²) in [6.07, 6.45) is -22.0. The average molecular weight is 2030 g/mol. The van der Waals surface area contributed by atoms with Crippen LogP contribution in [0.15, 0.2) is 249 Å². The zero-order chi connectivity index (χ0) is 102. The van der Waals surface area contributed by atoms with Gasteiger partial charge in [-0.3, -0.25) is 19.2 Å². The molecule has 0 spiro atoms. The van der Waals surface area contributed by atoms with Gasteiger partial charge >= 0.3 is 24.7 Å². The van der Waals surface area contributed by atoms with Gasteiger partial charge in [0.2, 0.25) is 23.6 Å². The van der Waals surface area contributed by atoms with E-state index >= 15 is 0 Å². The van der Waals surface area contributed by atoms with Crippen LogP contribution in [-0.2, 0) is 64.6 Å². The van der Waals surface area contributed by atoms with Gasteiger partial charge in [-0.2, -0.15) is 52.7 Å². The fraction of sp³-hybridized carbons (Fsp3) is 0.273. The largest absolute Gasteiger partial charge is 0.414 e. The Hall–Kier alpha value is -14.1. The molecule has 142 heavy (non-hydrogen) atoms. The Balaban J connectivity index is 0.000000159. The number of allylic oxidation sites excluding steroid dienone is 4. The normalized spacial score (nSPS) is 16.4. The van der Waals surface area contributed by atoms with E-state index < -0.39 is 98.5 Å². The lowest BCUT2D eigenvalue weighted by Gasteiger charge is -2.17. The van der Waals surface area contributed by atoms with Crippen LogP contribution >= 0.6 is 23.2 Å². The molecule has 4 aromatic heterocycles. The molecule has 7 atom stereocenters. The molecule has 4 aliphatic heterocycles. The first kappa shape index (κ1) is 105. The van der Waals surface area contributed by atoms with E-state index in [4.69, 9.17) is 37.4 Å². The molecule has 43 heteroatoms. The van der Waals surface area contributed by atoms with Crippen LogP contribution in [0.1, 0.15) is 68.7 Å². The Labute approximate surface area is 811 Å². The molecule has 748 valence electrons. The van der Waals surface area contributed by atoms with Crippen molar-refractivity contribution in [2.24, 2.45) is 23.7 Å². The maximum Gasteiger partial charge on any atom is 0.414 e. The summed E-state index contributed by atoms with van der Waals surface area (Å²) in [5, 5.41) is 42.0. The first-order valence-corrected chi connectivity index (χ1v) is 44.4. The number of hydrogen-bond acceptors (Lipinski definition) is 16. The molecule has 16 rings (SSSR count). The first-order valence-electron chi connectivity index (χ1n) is 43.7. The van der Waals surface area contributed by atoms with E-state index in [1.165, 1.54) is 99.0 Å². The number of carbonyl (C=O) groups is 4. The summed E-state index contributed by atoms with van der Waals surface area (Å²) in [6.45, 7) is 16.7. The highest BCUT2D eigenvalue weighted by Crippen LogP contribution is 2.38. The number of ether oxygens (including phenoxy) is 4. The minimum atomic E-state index is -4.56. The lowest BCUT2D eigenvalue weighted by Crippen LogP contribution is -2.28. The van der Waals surface area contributed by atoms with Crippen molar-refractivity contribution in [1.82, 2.24) is 60.4 Å². The highest BCUT2D eigenvalue weighted by atomic mass is 35.5. The highest BCUT2D eigenvalue weighted by Gasteiger charge is 2.40. The fourth-order valence-electron chi connectivity index (χ4n) is 14.9. The summed E-state index contributed by atoms with van der Waals surface area (Å²) in [5.41, 5.74) is 9.06. The minimum Gasteiger partial charge on any atom is -0.388 e. The van der Waals surface area contributed by atoms with Crippen LogP contribution in [-0.4, -0.2) is 139 Å². The molecule has 4 fully saturated rings. The van der Waals surface area contributed by atoms with Crippen molar-refractivity contribution in [1.29, 1.82) is 0 Å². The standard InChI is InChI=1S/C25H23ClF4N4O2.C25H24ClF3N4O2.C25H23F5N4O2.C24H21F5N4O2/c1-14-7-18(12-31-14)24(35)32-23-11-22(34(33-23)21-5-3-19(26)4-6-21)17-8-16(9-20(27)10-17)13-36-15(2)25(28,29)30;1-15-10-19(13-30-15)24(34)31-23-12-22(33(32-23)21-8-6-20(26)7-9-21)18-5-3-4-17(11-18)14-35-16(2)25(27,28)29;1-14-7-18(12-31-14)24(35)32-23-11-22(34(33-23)21-6-4-3-5-20(21)27)17-8-16(9-19(26)10-17)13-36-15(2)25(28,29)30;1-14-6-17(11-30-14)23(34)31-22-10-21(33(32-22)20-4-2-18(25)3-5-20)16-7-15(8-19(26)9-16)12-35-13-24(27,28)29/h3-6,8-11,15,18,31H,1,7,12-13H2,2H3,(H,32,33,35);3-9,11-12,16,19,30H,1,10,13-14H2,2H3,(H,31,32,34);3-6,8-11,15,18,31H,1,7,12-13H2,2H3,(H,32,33,35);2-5,7-10,17,30H,1,6,11-13H2,(H,31,32,34)/t15-,18+;16-,19+;15-,18+;17-/m1110/s1. The van der Waals surface area contributed by atoms with Crippen molar-refractivity contribution in [3.63, 3.8) is 0 Å². The summed E-state index contributed by atoms with van der Waals surface area (Å²) < 4.78 is 249. The van der Waals surface area contributed by atoms with Crippen LogP contribution in [0.3, 0.4) is 0 Å². The Morgan fingerprint density at radius 3 is 0.993 bits per heavy atom. The average Bonchev–Trinajstić information content (AvgIpc) is 1.66. The number of alkyl halides is 12. The van der Waals surface area contributed by atoms with Gasteiger partial charge in [0.15, 0.2) is 41.6 Å². The highest BCUT2D eigenvalue weighted by molar-refractivity contribution is 6.31. The second-order valence-corrected chi connectivity index (χ2v) is 34.4. The summed E-state index contributed by atoms with van der Waals surface area (Å²) in [4.78, 5) is 50.7. The Kier molecular flexibility index (Phi) is 33.8. The third-order valence-electron chi connectivity index (χ3n) is 22.4. The van der Waals surface area contributed by atoms with Gasteiger partial charge in [-0.1, -0.05) is 79.8 Å². The molecular weight excluding hydrogens is 1940 g/mol. The van der Waals surface area contributed by atoms with Crippen LogP contribution in [0.4, 0.5) is 97.9 Å². The summed E-state index contributed by atoms with van der Waals surface area (Å²) in [5.74, 6) is -4.60. The monoisotopic (exact) mass is 2020 g/mol. The number of halogens is 19. The van der Waals surface area contributed by atoms with Crippen molar-refractivity contribution in [2.75, 3.05) is 54.1 Å². The fourth-order valence-corrected chi connectivity index (χ4v) is 15.2. The molecule has 0 aliphatic carbocycles. The van der Waals surface area contributed by atoms with Gasteiger partial charge in [-0.15, -0.1) is 20.4 Å². The molecule has 4 aliphatic rings. The molecule has 4 amide bonds. The van der Waals surface area contributed by atoms with Crippen molar-refractivity contribution in [3.8, 4) is 67.8 Å². The number of hydrogen-bond donors (Lipinski definition) is 8. The Morgan fingerprint density at radius 2 is 0.669 bits per heavy atom. The molecule has 0 saturated carbocycles. The first-order chi connectivity index (χ1) is 67.2. The van der Waals surface area contributed by atoms with Gasteiger partial charge in [-0.25, -0.2) is 40.7 Å². The number of carbonyl (C=O) groups excluding carboxylic acids is 4. The zero-order valence-corrected chi connectivity index (χ0v) is 77.2.